The first-order valence-corrected chi connectivity index (χ1v) is 13.5. The molecule has 0 radical (unpaired) electrons. The molecular weight excluding hydrogens is 502 g/mol. The number of hydrogen-bond acceptors (Lipinski definition) is 6. The van der Waals surface area contributed by atoms with E-state index in [1.807, 2.05) is 97.1 Å². The van der Waals surface area contributed by atoms with Crippen molar-refractivity contribution in [3.8, 4) is 11.5 Å². The molecule has 0 heterocycles. The quantitative estimate of drug-likeness (QED) is 0.0659. The van der Waals surface area contributed by atoms with Crippen molar-refractivity contribution in [2.24, 2.45) is 5.16 Å². The highest BCUT2D eigenvalue weighted by Gasteiger charge is 2.44. The summed E-state index contributed by atoms with van der Waals surface area (Å²) in [5.41, 5.74) is 3.06. The molecule has 1 atom stereocenters. The van der Waals surface area contributed by atoms with Crippen molar-refractivity contribution in [1.29, 1.82) is 0 Å². The van der Waals surface area contributed by atoms with Crippen LogP contribution < -0.4 is 9.47 Å². The highest BCUT2D eigenvalue weighted by molar-refractivity contribution is 5.86. The molecule has 0 spiro atoms. The number of methoxy groups -OCH3 is 1. The van der Waals surface area contributed by atoms with Crippen LogP contribution in [0.2, 0.25) is 0 Å². The van der Waals surface area contributed by atoms with Crippen LogP contribution in [0.5, 0.6) is 11.5 Å². The lowest BCUT2D eigenvalue weighted by Crippen LogP contribution is -2.36. The maximum absolute atomic E-state index is 13.4. The number of hydrogen-bond donors (Lipinski definition) is 0. The Bertz CT molecular complexity index is 1380. The molecule has 4 aromatic carbocycles. The lowest BCUT2D eigenvalue weighted by Gasteiger charge is -2.27. The maximum Gasteiger partial charge on any atom is 0.321 e. The molecule has 0 aliphatic heterocycles. The van der Waals surface area contributed by atoms with Crippen molar-refractivity contribution in [3.05, 3.63) is 131 Å². The number of carbonyl (C=O) groups is 1. The molecule has 0 saturated heterocycles. The summed E-state index contributed by atoms with van der Waals surface area (Å²) in [6.07, 6.45) is 4.50. The standard InChI is InChI=1S/C34H33NO5/c1-37-30-20-16-29(17-21-30)34(22-8-9-23-34)33(36)39-31-18-14-26(15-19-31)24-35-40-32(28-12-6-3-7-13-28)38-25-27-10-4-2-5-11-27/h2-7,10-21,24,32H,8-9,22-23,25H2,1H3. The van der Waals surface area contributed by atoms with Gasteiger partial charge in [0.25, 0.3) is 6.29 Å². The molecule has 0 aromatic heterocycles. The zero-order valence-corrected chi connectivity index (χ0v) is 22.6. The predicted molar refractivity (Wildman–Crippen MR) is 154 cm³/mol. The first-order chi connectivity index (χ1) is 19.7. The normalized spacial score (nSPS) is 15.0. The topological polar surface area (TPSA) is 66.4 Å². The van der Waals surface area contributed by atoms with Crippen LogP contribution in [-0.4, -0.2) is 19.3 Å². The largest absolute Gasteiger partial charge is 0.497 e. The summed E-state index contributed by atoms with van der Waals surface area (Å²) in [5.74, 6) is 1.04. The minimum atomic E-state index is -0.654. The zero-order chi connectivity index (χ0) is 27.6. The first kappa shape index (κ1) is 27.2. The van der Waals surface area contributed by atoms with Crippen molar-refractivity contribution in [1.82, 2.24) is 0 Å². The van der Waals surface area contributed by atoms with Crippen molar-refractivity contribution in [3.63, 3.8) is 0 Å². The molecule has 5 rings (SSSR count). The molecule has 204 valence electrons. The molecule has 1 fully saturated rings. The number of benzene rings is 4. The van der Waals surface area contributed by atoms with Gasteiger partial charge in [-0.2, -0.15) is 0 Å². The Labute approximate surface area is 235 Å². The van der Waals surface area contributed by atoms with E-state index in [0.717, 1.165) is 53.7 Å². The second-order valence-electron chi connectivity index (χ2n) is 9.86. The molecule has 1 aliphatic rings. The van der Waals surface area contributed by atoms with Crippen molar-refractivity contribution in [2.75, 3.05) is 7.11 Å². The first-order valence-electron chi connectivity index (χ1n) is 13.5. The van der Waals surface area contributed by atoms with Gasteiger partial charge in [0.05, 0.1) is 25.3 Å². The number of oxime groups is 1. The van der Waals surface area contributed by atoms with Crippen molar-refractivity contribution < 1.29 is 23.8 Å². The summed E-state index contributed by atoms with van der Waals surface area (Å²) in [4.78, 5) is 19.2. The third kappa shape index (κ3) is 6.58. The molecular formula is C34H33NO5. The Morgan fingerprint density at radius 1 is 0.825 bits per heavy atom. The van der Waals surface area contributed by atoms with Gasteiger partial charge in [-0.25, -0.2) is 0 Å². The summed E-state index contributed by atoms with van der Waals surface area (Å²) in [7, 11) is 1.64. The van der Waals surface area contributed by atoms with Crippen molar-refractivity contribution >= 4 is 12.2 Å². The van der Waals surface area contributed by atoms with Gasteiger partial charge in [-0.15, -0.1) is 0 Å². The second kappa shape index (κ2) is 13.1. The summed E-state index contributed by atoms with van der Waals surface area (Å²) in [6, 6.07) is 34.6. The predicted octanol–water partition coefficient (Wildman–Crippen LogP) is 7.38. The van der Waals surface area contributed by atoms with Gasteiger partial charge in [-0.3, -0.25) is 4.79 Å². The van der Waals surface area contributed by atoms with Gasteiger partial charge in [0.15, 0.2) is 0 Å². The second-order valence-corrected chi connectivity index (χ2v) is 9.86. The molecule has 0 bridgehead atoms. The smallest absolute Gasteiger partial charge is 0.321 e. The number of carbonyl (C=O) groups excluding carboxylic acids is 1. The SMILES string of the molecule is COc1ccc(C2(C(=O)Oc3ccc(C=NOC(OCc4ccccc4)c4ccccc4)cc3)CCCC2)cc1. The number of nitrogens with zero attached hydrogens (tertiary/aromatic N) is 1. The molecule has 1 saturated carbocycles. The van der Waals surface area contributed by atoms with E-state index in [4.69, 9.17) is 19.0 Å². The lowest BCUT2D eigenvalue weighted by atomic mass is 9.79. The molecule has 4 aromatic rings. The minimum absolute atomic E-state index is 0.221. The monoisotopic (exact) mass is 535 g/mol. The van der Waals surface area contributed by atoms with Gasteiger partial charge in [-0.1, -0.05) is 90.8 Å². The van der Waals surface area contributed by atoms with Crippen LogP contribution >= 0.6 is 0 Å². The van der Waals surface area contributed by atoms with Crippen LogP contribution in [0.3, 0.4) is 0 Å². The Morgan fingerprint density at radius 2 is 1.45 bits per heavy atom. The minimum Gasteiger partial charge on any atom is -0.497 e. The van der Waals surface area contributed by atoms with E-state index in [1.165, 1.54) is 0 Å². The molecule has 0 N–H and O–H groups in total. The van der Waals surface area contributed by atoms with Crippen LogP contribution in [0.1, 0.15) is 54.2 Å². The zero-order valence-electron chi connectivity index (χ0n) is 22.6. The summed E-state index contributed by atoms with van der Waals surface area (Å²) in [6.45, 7) is 0.397. The molecule has 0 amide bonds. The molecule has 1 unspecified atom stereocenters. The number of rotatable bonds is 11. The van der Waals surface area contributed by atoms with Crippen LogP contribution in [0.25, 0.3) is 0 Å². The fraction of sp³-hybridized carbons (Fsp3) is 0.235. The third-order valence-corrected chi connectivity index (χ3v) is 7.26. The summed E-state index contributed by atoms with van der Waals surface area (Å²) in [5, 5.41) is 4.18. The third-order valence-electron chi connectivity index (χ3n) is 7.26. The number of esters is 1. The van der Waals surface area contributed by atoms with E-state index >= 15 is 0 Å². The van der Waals surface area contributed by atoms with E-state index in [-0.39, 0.29) is 5.97 Å². The van der Waals surface area contributed by atoms with E-state index in [2.05, 4.69) is 5.16 Å². The highest BCUT2D eigenvalue weighted by Crippen LogP contribution is 2.42. The average molecular weight is 536 g/mol. The van der Waals surface area contributed by atoms with Gasteiger partial charge < -0.3 is 19.0 Å². The van der Waals surface area contributed by atoms with Crippen LogP contribution in [0.15, 0.2) is 114 Å². The van der Waals surface area contributed by atoms with Gasteiger partial charge in [0, 0.05) is 5.56 Å². The Hall–Kier alpha value is -4.42. The molecule has 40 heavy (non-hydrogen) atoms. The lowest BCUT2D eigenvalue weighted by molar-refractivity contribution is -0.153. The van der Waals surface area contributed by atoms with E-state index in [9.17, 15) is 4.79 Å². The van der Waals surface area contributed by atoms with Gasteiger partial charge in [0.2, 0.25) is 0 Å². The summed E-state index contributed by atoms with van der Waals surface area (Å²) < 4.78 is 17.2. The Balaban J connectivity index is 1.22. The maximum atomic E-state index is 13.4. The van der Waals surface area contributed by atoms with Gasteiger partial charge >= 0.3 is 5.97 Å². The molecule has 1 aliphatic carbocycles. The van der Waals surface area contributed by atoms with E-state index < -0.39 is 11.7 Å². The van der Waals surface area contributed by atoms with Gasteiger partial charge in [0.1, 0.15) is 11.5 Å². The van der Waals surface area contributed by atoms with Crippen LogP contribution in [0, 0.1) is 0 Å². The summed E-state index contributed by atoms with van der Waals surface area (Å²) >= 11 is 0. The van der Waals surface area contributed by atoms with Crippen LogP contribution in [-0.2, 0) is 26.4 Å². The number of ether oxygens (including phenoxy) is 3. The van der Waals surface area contributed by atoms with Crippen molar-refractivity contribution in [2.45, 2.75) is 44.0 Å². The van der Waals surface area contributed by atoms with Crippen LogP contribution in [0.4, 0.5) is 0 Å². The fourth-order valence-corrected chi connectivity index (χ4v) is 5.02. The Kier molecular flexibility index (Phi) is 8.89. The highest BCUT2D eigenvalue weighted by atomic mass is 16.8. The Morgan fingerprint density at radius 3 is 2.10 bits per heavy atom. The molecule has 6 nitrogen and oxygen atoms in total. The molecule has 6 heteroatoms. The van der Waals surface area contributed by atoms with E-state index in [0.29, 0.717) is 12.4 Å². The van der Waals surface area contributed by atoms with Gasteiger partial charge in [-0.05, 0) is 65.9 Å². The van der Waals surface area contributed by atoms with E-state index in [1.54, 1.807) is 25.5 Å². The average Bonchev–Trinajstić information content (AvgIpc) is 3.52. The fourth-order valence-electron chi connectivity index (χ4n) is 5.02.